The molecule has 0 N–H and O–H groups in total. The van der Waals surface area contributed by atoms with E-state index in [1.165, 1.54) is 29.1 Å². The molecular weight excluding hydrogens is 612 g/mol. The Morgan fingerprint density at radius 3 is 1.37 bits per heavy atom. The van der Waals surface area contributed by atoms with Crippen LogP contribution in [0, 0.1) is 5.92 Å². The molecule has 2 heterocycles. The molecule has 4 aromatic rings. The zero-order valence-corrected chi connectivity index (χ0v) is 29.7. The van der Waals surface area contributed by atoms with E-state index in [2.05, 4.69) is 23.6 Å². The second kappa shape index (κ2) is 16.3. The molecule has 2 aliphatic heterocycles. The van der Waals surface area contributed by atoms with Crippen LogP contribution < -0.4 is 0 Å². The number of carbonyl (C=O) groups is 4. The zero-order valence-electron chi connectivity index (χ0n) is 29.7. The van der Waals surface area contributed by atoms with Crippen molar-refractivity contribution in [3.8, 4) is 0 Å². The highest BCUT2D eigenvalue weighted by Crippen LogP contribution is 2.32. The predicted octanol–water partition coefficient (Wildman–Crippen LogP) is 7.36. The lowest BCUT2D eigenvalue weighted by molar-refractivity contribution is 0.0583. The van der Waals surface area contributed by atoms with Gasteiger partial charge >= 0.3 is 0 Å². The number of benzene rings is 4. The third-order valence-electron chi connectivity index (χ3n) is 9.28. The van der Waals surface area contributed by atoms with Gasteiger partial charge in [0.25, 0.3) is 23.6 Å². The van der Waals surface area contributed by atoms with Crippen molar-refractivity contribution in [1.82, 2.24) is 19.6 Å². The molecule has 4 amide bonds. The molecule has 0 radical (unpaired) electrons. The SMILES string of the molecule is CC.CCC.CN(CCCN(CCN1C(=O)c2cccc3cccc(c23)C1=O)CC1CC1)CCN1C(=O)c2cccc3cccc(c23)C1=O. The lowest BCUT2D eigenvalue weighted by Crippen LogP contribution is -2.45. The number of rotatable bonds is 12. The fourth-order valence-electron chi connectivity index (χ4n) is 6.72. The molecule has 1 aliphatic carbocycles. The fourth-order valence-corrected chi connectivity index (χ4v) is 6.72. The predicted molar refractivity (Wildman–Crippen MR) is 197 cm³/mol. The zero-order chi connectivity index (χ0) is 35.1. The van der Waals surface area contributed by atoms with Crippen LogP contribution in [0.5, 0.6) is 0 Å². The maximum atomic E-state index is 13.4. The number of hydrogen-bond donors (Lipinski definition) is 0. The van der Waals surface area contributed by atoms with Gasteiger partial charge in [0.2, 0.25) is 0 Å². The Hall–Kier alpha value is -4.40. The first-order chi connectivity index (χ1) is 23.8. The smallest absolute Gasteiger partial charge is 0.261 e. The van der Waals surface area contributed by atoms with Crippen molar-refractivity contribution < 1.29 is 19.2 Å². The summed E-state index contributed by atoms with van der Waals surface area (Å²) in [7, 11) is 2.02. The summed E-state index contributed by atoms with van der Waals surface area (Å²) in [4.78, 5) is 60.5. The van der Waals surface area contributed by atoms with Crippen molar-refractivity contribution >= 4 is 45.2 Å². The molecule has 258 valence electrons. The van der Waals surface area contributed by atoms with E-state index >= 15 is 0 Å². The molecule has 8 nitrogen and oxygen atoms in total. The van der Waals surface area contributed by atoms with Gasteiger partial charge < -0.3 is 9.80 Å². The summed E-state index contributed by atoms with van der Waals surface area (Å²) >= 11 is 0. The van der Waals surface area contributed by atoms with Gasteiger partial charge in [0.05, 0.1) is 0 Å². The summed E-state index contributed by atoms with van der Waals surface area (Å²) in [6.07, 6.45) is 4.60. The Balaban J connectivity index is 0.000000889. The van der Waals surface area contributed by atoms with Crippen molar-refractivity contribution in [2.24, 2.45) is 5.92 Å². The molecule has 0 bridgehead atoms. The van der Waals surface area contributed by atoms with Gasteiger partial charge in [-0.25, -0.2) is 0 Å². The quantitative estimate of drug-likeness (QED) is 0.148. The molecule has 1 saturated carbocycles. The maximum absolute atomic E-state index is 13.4. The van der Waals surface area contributed by atoms with E-state index in [1.54, 1.807) is 12.1 Å². The highest BCUT2D eigenvalue weighted by Gasteiger charge is 2.34. The van der Waals surface area contributed by atoms with E-state index in [1.807, 2.05) is 81.6 Å². The number of nitrogens with zero attached hydrogens (tertiary/aromatic N) is 4. The molecule has 8 heteroatoms. The average molecular weight is 663 g/mol. The van der Waals surface area contributed by atoms with Gasteiger partial charge in [-0.2, -0.15) is 0 Å². The van der Waals surface area contributed by atoms with Crippen LogP contribution in [0.4, 0.5) is 0 Å². The second-order valence-electron chi connectivity index (χ2n) is 13.1. The number of imide groups is 2. The summed E-state index contributed by atoms with van der Waals surface area (Å²) in [6, 6.07) is 22.5. The molecule has 0 atom stereocenters. The molecule has 0 saturated heterocycles. The molecule has 0 spiro atoms. The molecule has 49 heavy (non-hydrogen) atoms. The third-order valence-corrected chi connectivity index (χ3v) is 9.28. The van der Waals surface area contributed by atoms with Crippen molar-refractivity contribution in [2.75, 3.05) is 52.9 Å². The van der Waals surface area contributed by atoms with Crippen LogP contribution in [0.1, 0.15) is 94.8 Å². The number of hydrogen-bond acceptors (Lipinski definition) is 6. The topological polar surface area (TPSA) is 81.2 Å². The van der Waals surface area contributed by atoms with E-state index in [9.17, 15) is 19.2 Å². The van der Waals surface area contributed by atoms with Gasteiger partial charge in [0, 0.05) is 65.8 Å². The number of amides is 4. The van der Waals surface area contributed by atoms with Crippen LogP contribution in [-0.2, 0) is 0 Å². The van der Waals surface area contributed by atoms with Gasteiger partial charge in [0.1, 0.15) is 0 Å². The molecule has 1 fully saturated rings. The monoisotopic (exact) mass is 662 g/mol. The van der Waals surface area contributed by atoms with Crippen LogP contribution >= 0.6 is 0 Å². The highest BCUT2D eigenvalue weighted by atomic mass is 16.2. The molecular formula is C41H50N4O4. The van der Waals surface area contributed by atoms with Crippen LogP contribution in [0.3, 0.4) is 0 Å². The van der Waals surface area contributed by atoms with E-state index in [4.69, 9.17) is 0 Å². The molecule has 4 aromatic carbocycles. The van der Waals surface area contributed by atoms with Gasteiger partial charge in [-0.3, -0.25) is 29.0 Å². The molecule has 0 unspecified atom stereocenters. The Bertz CT molecular complexity index is 1730. The van der Waals surface area contributed by atoms with Gasteiger partial charge in [-0.1, -0.05) is 82.6 Å². The standard InChI is InChI=1S/C36H36N4O4.C3H8.C2H6/c1-37(19-21-39-33(41)27-11-2-7-25-8-3-12-28(31(25)27)34(39)42)17-6-18-38(23-24-15-16-24)20-22-40-35(43)29-13-4-9-26-10-5-14-30(32(26)29)36(40)44;1-3-2;1-2/h2-5,7-14,24H,6,15-23H2,1H3;3H2,1-2H3;1-2H3. The molecule has 7 rings (SSSR count). The van der Waals surface area contributed by atoms with Gasteiger partial charge in [0.15, 0.2) is 0 Å². The first-order valence-corrected chi connectivity index (χ1v) is 18.0. The van der Waals surface area contributed by atoms with Gasteiger partial charge in [-0.05, 0) is 80.4 Å². The minimum Gasteiger partial charge on any atom is -0.305 e. The van der Waals surface area contributed by atoms with Crippen LogP contribution in [0.2, 0.25) is 0 Å². The largest absolute Gasteiger partial charge is 0.305 e. The lowest BCUT2D eigenvalue weighted by Gasteiger charge is -2.31. The first kappa shape index (κ1) is 35.9. The second-order valence-corrected chi connectivity index (χ2v) is 13.1. The molecule has 0 aromatic heterocycles. The maximum Gasteiger partial charge on any atom is 0.261 e. The van der Waals surface area contributed by atoms with Crippen molar-refractivity contribution in [2.45, 2.75) is 53.4 Å². The Labute approximate surface area is 290 Å². The van der Waals surface area contributed by atoms with Crippen molar-refractivity contribution in [3.05, 3.63) is 95.1 Å². The summed E-state index contributed by atoms with van der Waals surface area (Å²) in [6.45, 7) is 12.8. The summed E-state index contributed by atoms with van der Waals surface area (Å²) in [5, 5.41) is 3.33. The lowest BCUT2D eigenvalue weighted by atomic mass is 9.94. The fraction of sp³-hybridized carbons (Fsp3) is 0.415. The molecule has 3 aliphatic rings. The summed E-state index contributed by atoms with van der Waals surface area (Å²) in [5.74, 6) is -0.219. The van der Waals surface area contributed by atoms with Gasteiger partial charge in [-0.15, -0.1) is 0 Å². The summed E-state index contributed by atoms with van der Waals surface area (Å²) in [5.41, 5.74) is 2.36. The number of carbonyl (C=O) groups excluding carboxylic acids is 4. The van der Waals surface area contributed by atoms with Crippen molar-refractivity contribution in [1.29, 1.82) is 0 Å². The third kappa shape index (κ3) is 7.76. The Morgan fingerprint density at radius 2 is 0.980 bits per heavy atom. The van der Waals surface area contributed by atoms with E-state index in [0.29, 0.717) is 54.4 Å². The normalized spacial score (nSPS) is 15.2. The highest BCUT2D eigenvalue weighted by molar-refractivity contribution is 6.26. The van der Waals surface area contributed by atoms with E-state index < -0.39 is 0 Å². The van der Waals surface area contributed by atoms with Crippen LogP contribution in [-0.4, -0.2) is 96.1 Å². The summed E-state index contributed by atoms with van der Waals surface area (Å²) < 4.78 is 0. The van der Waals surface area contributed by atoms with Crippen LogP contribution in [0.25, 0.3) is 21.5 Å². The minimum atomic E-state index is -0.232. The Kier molecular flexibility index (Phi) is 12.0. The van der Waals surface area contributed by atoms with E-state index in [-0.39, 0.29) is 23.6 Å². The van der Waals surface area contributed by atoms with Crippen LogP contribution in [0.15, 0.2) is 72.8 Å². The minimum absolute atomic E-state index is 0.217. The first-order valence-electron chi connectivity index (χ1n) is 18.0. The van der Waals surface area contributed by atoms with E-state index in [0.717, 1.165) is 47.6 Å². The number of likely N-dealkylation sites (N-methyl/N-ethyl adjacent to an activating group) is 1. The average Bonchev–Trinajstić information content (AvgIpc) is 3.94. The Morgan fingerprint density at radius 1 is 0.592 bits per heavy atom. The van der Waals surface area contributed by atoms with Crippen molar-refractivity contribution in [3.63, 3.8) is 0 Å².